The van der Waals surface area contributed by atoms with E-state index in [9.17, 15) is 18.4 Å². The van der Waals surface area contributed by atoms with Crippen LogP contribution in [0.15, 0.2) is 47.1 Å². The van der Waals surface area contributed by atoms with Crippen molar-refractivity contribution in [1.82, 2.24) is 9.88 Å². The Kier molecular flexibility index (Phi) is 6.41. The standard InChI is InChI=1S/C25H21F2N3O4/c1-33-19-4-6-23-17(10-19)11-20(34-23)3-2-16-14-29-9-8-21(16)22(31)5-7-24(32)30-15-25(26,27)12-18(30)13-28/h2-4,6,8-11,14,18H,5,7,12,15H2,1H3/b3-2+/t18-/m0/s1. The van der Waals surface area contributed by atoms with Gasteiger partial charge in [-0.25, -0.2) is 8.78 Å². The topological polar surface area (TPSA) is 96.4 Å². The van der Waals surface area contributed by atoms with E-state index in [1.54, 1.807) is 37.5 Å². The lowest BCUT2D eigenvalue weighted by Crippen LogP contribution is -2.36. The summed E-state index contributed by atoms with van der Waals surface area (Å²) >= 11 is 0. The number of aromatic nitrogens is 1. The summed E-state index contributed by atoms with van der Waals surface area (Å²) in [7, 11) is 1.58. The monoisotopic (exact) mass is 465 g/mol. The Bertz CT molecular complexity index is 1310. The minimum Gasteiger partial charge on any atom is -0.497 e. The quantitative estimate of drug-likeness (QED) is 0.468. The van der Waals surface area contributed by atoms with Crippen molar-refractivity contribution < 1.29 is 27.5 Å². The molecule has 4 rings (SSSR count). The van der Waals surface area contributed by atoms with E-state index in [2.05, 4.69) is 4.98 Å². The molecule has 1 aliphatic rings. The molecule has 0 saturated carbocycles. The summed E-state index contributed by atoms with van der Waals surface area (Å²) in [5.74, 6) is -2.79. The number of ketones is 1. The summed E-state index contributed by atoms with van der Waals surface area (Å²) in [5.41, 5.74) is 1.56. The summed E-state index contributed by atoms with van der Waals surface area (Å²) in [6.45, 7) is -0.801. The van der Waals surface area contributed by atoms with Gasteiger partial charge in [0.2, 0.25) is 5.91 Å². The Hall–Kier alpha value is -4.06. The second kappa shape index (κ2) is 9.43. The van der Waals surface area contributed by atoms with Crippen molar-refractivity contribution >= 4 is 34.8 Å². The van der Waals surface area contributed by atoms with Gasteiger partial charge in [0, 0.05) is 48.2 Å². The van der Waals surface area contributed by atoms with Gasteiger partial charge >= 0.3 is 0 Å². The van der Waals surface area contributed by atoms with Gasteiger partial charge < -0.3 is 14.1 Å². The van der Waals surface area contributed by atoms with E-state index >= 15 is 0 Å². The smallest absolute Gasteiger partial charge is 0.268 e. The molecule has 3 heterocycles. The predicted molar refractivity (Wildman–Crippen MR) is 120 cm³/mol. The molecule has 0 radical (unpaired) electrons. The number of furan rings is 1. The lowest BCUT2D eigenvalue weighted by molar-refractivity contribution is -0.132. The van der Waals surface area contributed by atoms with E-state index in [4.69, 9.17) is 14.4 Å². The molecule has 0 bridgehead atoms. The highest BCUT2D eigenvalue weighted by molar-refractivity contribution is 6.01. The molecule has 0 N–H and O–H groups in total. The van der Waals surface area contributed by atoms with Crippen molar-refractivity contribution in [3.63, 3.8) is 0 Å². The number of rotatable bonds is 7. The molecule has 1 saturated heterocycles. The normalized spacial score (nSPS) is 17.2. The Morgan fingerprint density at radius 1 is 1.29 bits per heavy atom. The maximum atomic E-state index is 13.6. The number of pyridine rings is 1. The molecule has 0 aliphatic carbocycles. The van der Waals surface area contributed by atoms with Gasteiger partial charge in [-0.15, -0.1) is 0 Å². The summed E-state index contributed by atoms with van der Waals surface area (Å²) in [6, 6.07) is 9.37. The van der Waals surface area contributed by atoms with Crippen molar-refractivity contribution in [3.05, 3.63) is 59.6 Å². The molecule has 3 aromatic rings. The summed E-state index contributed by atoms with van der Waals surface area (Å²) < 4.78 is 38.2. The van der Waals surface area contributed by atoms with Gasteiger partial charge in [0.15, 0.2) is 5.78 Å². The number of amides is 1. The van der Waals surface area contributed by atoms with Crippen LogP contribution in [-0.4, -0.2) is 47.2 Å². The molecule has 0 unspecified atom stereocenters. The van der Waals surface area contributed by atoms with Crippen molar-refractivity contribution in [2.24, 2.45) is 0 Å². The van der Waals surface area contributed by atoms with Crippen LogP contribution in [0.4, 0.5) is 8.78 Å². The number of halogens is 2. The second-order valence-corrected chi connectivity index (χ2v) is 8.00. The fraction of sp³-hybridized carbons (Fsp3) is 0.280. The average molecular weight is 465 g/mol. The molecule has 1 fully saturated rings. The molecule has 1 aliphatic heterocycles. The van der Waals surface area contributed by atoms with Crippen LogP contribution < -0.4 is 4.74 Å². The largest absolute Gasteiger partial charge is 0.497 e. The Morgan fingerprint density at radius 2 is 2.12 bits per heavy atom. The zero-order chi connectivity index (χ0) is 24.3. The Balaban J connectivity index is 1.45. The van der Waals surface area contributed by atoms with Gasteiger partial charge in [-0.05, 0) is 42.5 Å². The maximum absolute atomic E-state index is 13.6. The van der Waals surface area contributed by atoms with Crippen molar-refractivity contribution in [2.75, 3.05) is 13.7 Å². The summed E-state index contributed by atoms with van der Waals surface area (Å²) in [4.78, 5) is 30.1. The molecule has 34 heavy (non-hydrogen) atoms. The molecular formula is C25H21F2N3O4. The lowest BCUT2D eigenvalue weighted by Gasteiger charge is -2.18. The van der Waals surface area contributed by atoms with Gasteiger partial charge in [0.1, 0.15) is 23.1 Å². The minimum atomic E-state index is -3.09. The Labute approximate surface area is 194 Å². The maximum Gasteiger partial charge on any atom is 0.268 e. The molecule has 2 aromatic heterocycles. The number of hydrogen-bond donors (Lipinski definition) is 0. The van der Waals surface area contributed by atoms with Crippen LogP contribution in [0, 0.1) is 11.3 Å². The van der Waals surface area contributed by atoms with Crippen molar-refractivity contribution in [1.29, 1.82) is 5.26 Å². The molecule has 9 heteroatoms. The highest BCUT2D eigenvalue weighted by Gasteiger charge is 2.47. The summed E-state index contributed by atoms with van der Waals surface area (Å²) in [6.07, 6.45) is 5.25. The second-order valence-electron chi connectivity index (χ2n) is 8.00. The van der Waals surface area contributed by atoms with Gasteiger partial charge in [0.05, 0.1) is 19.7 Å². The number of fused-ring (bicyclic) bond motifs is 1. The first-order chi connectivity index (χ1) is 16.3. The van der Waals surface area contributed by atoms with Crippen LogP contribution in [0.3, 0.4) is 0 Å². The van der Waals surface area contributed by atoms with E-state index in [1.807, 2.05) is 12.1 Å². The zero-order valence-electron chi connectivity index (χ0n) is 18.3. The number of likely N-dealkylation sites (tertiary alicyclic amines) is 1. The van der Waals surface area contributed by atoms with E-state index in [1.165, 1.54) is 18.5 Å². The number of alkyl halides is 2. The van der Waals surface area contributed by atoms with Crippen LogP contribution in [0.25, 0.3) is 23.1 Å². The number of carbonyl (C=O) groups is 2. The molecule has 7 nitrogen and oxygen atoms in total. The number of benzene rings is 1. The number of carbonyl (C=O) groups excluding carboxylic acids is 2. The first kappa shape index (κ1) is 23.1. The minimum absolute atomic E-state index is 0.172. The van der Waals surface area contributed by atoms with Gasteiger partial charge in [-0.2, -0.15) is 5.26 Å². The SMILES string of the molecule is COc1ccc2oc(/C=C/c3cnccc3C(=O)CCC(=O)N3CC(F)(F)C[C@H]3C#N)cc2c1. The van der Waals surface area contributed by atoms with Crippen LogP contribution >= 0.6 is 0 Å². The van der Waals surface area contributed by atoms with E-state index in [0.29, 0.717) is 28.2 Å². The molecule has 1 amide bonds. The Morgan fingerprint density at radius 3 is 2.88 bits per heavy atom. The van der Waals surface area contributed by atoms with Crippen LogP contribution in [0.5, 0.6) is 5.75 Å². The van der Waals surface area contributed by atoms with Crippen LogP contribution in [0.2, 0.25) is 0 Å². The van der Waals surface area contributed by atoms with E-state index in [-0.39, 0.29) is 18.6 Å². The number of ether oxygens (including phenoxy) is 1. The van der Waals surface area contributed by atoms with E-state index < -0.39 is 30.8 Å². The fourth-order valence-electron chi connectivity index (χ4n) is 3.91. The molecule has 0 spiro atoms. The average Bonchev–Trinajstić information content (AvgIpc) is 3.39. The third-order valence-electron chi connectivity index (χ3n) is 5.63. The molecule has 1 atom stereocenters. The molecule has 1 aromatic carbocycles. The van der Waals surface area contributed by atoms with E-state index in [0.717, 1.165) is 10.3 Å². The fourth-order valence-corrected chi connectivity index (χ4v) is 3.91. The number of hydrogen-bond acceptors (Lipinski definition) is 6. The zero-order valence-corrected chi connectivity index (χ0v) is 18.3. The summed E-state index contributed by atoms with van der Waals surface area (Å²) in [5, 5.41) is 9.93. The van der Waals surface area contributed by atoms with Gasteiger partial charge in [-0.3, -0.25) is 14.6 Å². The number of nitrogens with zero attached hydrogens (tertiary/aromatic N) is 3. The van der Waals surface area contributed by atoms with Crippen molar-refractivity contribution in [3.8, 4) is 11.8 Å². The number of methoxy groups -OCH3 is 1. The van der Waals surface area contributed by atoms with Crippen LogP contribution in [-0.2, 0) is 4.79 Å². The first-order valence-corrected chi connectivity index (χ1v) is 10.6. The van der Waals surface area contributed by atoms with Crippen molar-refractivity contribution in [2.45, 2.75) is 31.2 Å². The lowest BCUT2D eigenvalue weighted by atomic mass is 10.0. The highest BCUT2D eigenvalue weighted by Crippen LogP contribution is 2.32. The third kappa shape index (κ3) is 4.96. The number of nitriles is 1. The highest BCUT2D eigenvalue weighted by atomic mass is 19.3. The first-order valence-electron chi connectivity index (χ1n) is 10.6. The molecule has 174 valence electrons. The number of Topliss-reactive ketones (excluding diaryl/α,β-unsaturated/α-hetero) is 1. The van der Waals surface area contributed by atoms with Crippen LogP contribution in [0.1, 0.15) is 40.9 Å². The van der Waals surface area contributed by atoms with Gasteiger partial charge in [0.25, 0.3) is 5.92 Å². The predicted octanol–water partition coefficient (Wildman–Crippen LogP) is 4.73. The molecular weight excluding hydrogens is 444 g/mol. The van der Waals surface area contributed by atoms with Gasteiger partial charge in [-0.1, -0.05) is 0 Å². The third-order valence-corrected chi connectivity index (χ3v) is 5.63.